The van der Waals surface area contributed by atoms with Crippen molar-refractivity contribution in [2.45, 2.75) is 40.2 Å². The number of benzene rings is 2. The molecule has 0 aromatic heterocycles. The first-order valence-electron chi connectivity index (χ1n) is 9.09. The molecular weight excluding hydrogens is 356 g/mol. The number of hydrogen-bond acceptors (Lipinski definition) is 3. The van der Waals surface area contributed by atoms with E-state index in [-0.39, 0.29) is 11.8 Å². The van der Waals surface area contributed by atoms with Crippen molar-refractivity contribution in [1.82, 2.24) is 5.32 Å². The maximum absolute atomic E-state index is 12.4. The molecule has 2 amide bonds. The van der Waals surface area contributed by atoms with E-state index in [1.54, 1.807) is 55.5 Å². The average Bonchev–Trinajstić information content (AvgIpc) is 2.65. The molecule has 6 heteroatoms. The lowest BCUT2D eigenvalue weighted by Gasteiger charge is -2.17. The number of rotatable bonds is 6. The van der Waals surface area contributed by atoms with Crippen LogP contribution in [0.25, 0.3) is 0 Å². The maximum atomic E-state index is 12.4. The second-order valence-corrected chi connectivity index (χ2v) is 7.77. The van der Waals surface area contributed by atoms with Crippen LogP contribution in [0.15, 0.2) is 48.5 Å². The Balaban J connectivity index is 2.01. The van der Waals surface area contributed by atoms with Crippen molar-refractivity contribution in [2.75, 3.05) is 5.32 Å². The molecule has 1 unspecified atom stereocenters. The first-order chi connectivity index (χ1) is 13.1. The van der Waals surface area contributed by atoms with E-state index in [1.807, 2.05) is 20.8 Å². The van der Waals surface area contributed by atoms with Crippen LogP contribution in [-0.4, -0.2) is 22.9 Å². The molecule has 0 radical (unpaired) electrons. The highest BCUT2D eigenvalue weighted by Crippen LogP contribution is 2.20. The second kappa shape index (κ2) is 8.69. The molecule has 0 aliphatic rings. The smallest absolute Gasteiger partial charge is 0.310 e. The first-order valence-corrected chi connectivity index (χ1v) is 9.09. The monoisotopic (exact) mass is 382 g/mol. The van der Waals surface area contributed by atoms with Crippen molar-refractivity contribution in [2.24, 2.45) is 5.41 Å². The van der Waals surface area contributed by atoms with Gasteiger partial charge in [0.25, 0.3) is 5.91 Å². The number of carboxylic acid groups (broad SMARTS) is 1. The maximum Gasteiger partial charge on any atom is 0.310 e. The summed E-state index contributed by atoms with van der Waals surface area (Å²) in [4.78, 5) is 35.5. The van der Waals surface area contributed by atoms with Crippen molar-refractivity contribution in [3.8, 4) is 0 Å². The largest absolute Gasteiger partial charge is 0.481 e. The molecule has 0 saturated carbocycles. The molecular formula is C22H26N2O4. The fourth-order valence-electron chi connectivity index (χ4n) is 2.45. The van der Waals surface area contributed by atoms with Gasteiger partial charge in [0.15, 0.2) is 0 Å². The third-order valence-electron chi connectivity index (χ3n) is 4.37. The van der Waals surface area contributed by atoms with Gasteiger partial charge in [0, 0.05) is 23.2 Å². The summed E-state index contributed by atoms with van der Waals surface area (Å²) in [6.07, 6.45) is 0. The summed E-state index contributed by atoms with van der Waals surface area (Å²) in [6, 6.07) is 13.8. The molecule has 148 valence electrons. The summed E-state index contributed by atoms with van der Waals surface area (Å²) >= 11 is 0. The van der Waals surface area contributed by atoms with Gasteiger partial charge in [-0.15, -0.1) is 0 Å². The normalized spacial score (nSPS) is 12.1. The molecule has 0 aliphatic heterocycles. The summed E-state index contributed by atoms with van der Waals surface area (Å²) < 4.78 is 0. The van der Waals surface area contributed by atoms with Gasteiger partial charge in [-0.3, -0.25) is 14.4 Å². The molecule has 1 atom stereocenters. The number of aliphatic carboxylic acids is 1. The minimum atomic E-state index is -0.919. The van der Waals surface area contributed by atoms with Crippen molar-refractivity contribution < 1.29 is 19.5 Å². The van der Waals surface area contributed by atoms with Crippen LogP contribution in [-0.2, 0) is 16.1 Å². The topological polar surface area (TPSA) is 95.5 Å². The van der Waals surface area contributed by atoms with E-state index >= 15 is 0 Å². The van der Waals surface area contributed by atoms with Gasteiger partial charge in [0.2, 0.25) is 5.91 Å². The Morgan fingerprint density at radius 2 is 1.68 bits per heavy atom. The molecule has 0 spiro atoms. The standard InChI is InChI=1S/C22H26N2O4/c1-14(20(26)27)17-6-5-7-18(12-17)24-19(25)16-10-8-15(9-11-16)13-23-21(28)22(2,3)4/h5-12,14H,13H2,1-4H3,(H,23,28)(H,24,25)(H,26,27). The molecule has 0 bridgehead atoms. The molecule has 0 fully saturated rings. The van der Waals surface area contributed by atoms with Gasteiger partial charge in [-0.25, -0.2) is 0 Å². The highest BCUT2D eigenvalue weighted by atomic mass is 16.4. The number of nitrogens with one attached hydrogen (secondary N) is 2. The van der Waals surface area contributed by atoms with Crippen molar-refractivity contribution in [1.29, 1.82) is 0 Å². The fraction of sp³-hybridized carbons (Fsp3) is 0.318. The number of carbonyl (C=O) groups excluding carboxylic acids is 2. The predicted molar refractivity (Wildman–Crippen MR) is 108 cm³/mol. The lowest BCUT2D eigenvalue weighted by molar-refractivity contribution is -0.138. The van der Waals surface area contributed by atoms with Gasteiger partial charge in [-0.05, 0) is 42.3 Å². The van der Waals surface area contributed by atoms with Gasteiger partial charge in [-0.1, -0.05) is 45.0 Å². The Hall–Kier alpha value is -3.15. The van der Waals surface area contributed by atoms with E-state index in [1.165, 1.54) is 0 Å². The van der Waals surface area contributed by atoms with Crippen LogP contribution in [0.3, 0.4) is 0 Å². The van der Waals surface area contributed by atoms with E-state index in [0.717, 1.165) is 5.56 Å². The first kappa shape index (κ1) is 21.2. The van der Waals surface area contributed by atoms with Crippen LogP contribution in [0.1, 0.15) is 55.1 Å². The van der Waals surface area contributed by atoms with Gasteiger partial charge >= 0.3 is 5.97 Å². The molecule has 0 saturated heterocycles. The molecule has 2 aromatic carbocycles. The Morgan fingerprint density at radius 1 is 1.04 bits per heavy atom. The fourth-order valence-corrected chi connectivity index (χ4v) is 2.45. The van der Waals surface area contributed by atoms with Crippen LogP contribution in [0.5, 0.6) is 0 Å². The molecule has 0 heterocycles. The SMILES string of the molecule is CC(C(=O)O)c1cccc(NC(=O)c2ccc(CNC(=O)C(C)(C)C)cc2)c1. The zero-order valence-electron chi connectivity index (χ0n) is 16.6. The third-order valence-corrected chi connectivity index (χ3v) is 4.37. The van der Waals surface area contributed by atoms with E-state index in [9.17, 15) is 14.4 Å². The van der Waals surface area contributed by atoms with E-state index in [4.69, 9.17) is 5.11 Å². The Morgan fingerprint density at radius 3 is 2.25 bits per heavy atom. The Kier molecular flexibility index (Phi) is 6.57. The van der Waals surface area contributed by atoms with Crippen LogP contribution < -0.4 is 10.6 Å². The van der Waals surface area contributed by atoms with E-state index in [2.05, 4.69) is 10.6 Å². The van der Waals surface area contributed by atoms with Gasteiger partial charge < -0.3 is 15.7 Å². The van der Waals surface area contributed by atoms with Crippen LogP contribution in [0.2, 0.25) is 0 Å². The zero-order chi connectivity index (χ0) is 20.9. The predicted octanol–water partition coefficient (Wildman–Crippen LogP) is 3.79. The molecule has 2 rings (SSSR count). The minimum Gasteiger partial charge on any atom is -0.481 e. The summed E-state index contributed by atoms with van der Waals surface area (Å²) in [5.41, 5.74) is 2.08. The lowest BCUT2D eigenvalue weighted by atomic mass is 9.95. The second-order valence-electron chi connectivity index (χ2n) is 7.77. The highest BCUT2D eigenvalue weighted by Gasteiger charge is 2.20. The van der Waals surface area contributed by atoms with E-state index in [0.29, 0.717) is 23.4 Å². The molecule has 28 heavy (non-hydrogen) atoms. The van der Waals surface area contributed by atoms with Crippen molar-refractivity contribution in [3.05, 3.63) is 65.2 Å². The molecule has 6 nitrogen and oxygen atoms in total. The Labute approximate surface area is 165 Å². The minimum absolute atomic E-state index is 0.0372. The number of anilines is 1. The Bertz CT molecular complexity index is 867. The molecule has 0 aliphatic carbocycles. The average molecular weight is 382 g/mol. The number of carbonyl (C=O) groups is 3. The summed E-state index contributed by atoms with van der Waals surface area (Å²) in [7, 11) is 0. The molecule has 3 N–H and O–H groups in total. The van der Waals surface area contributed by atoms with Gasteiger partial charge in [0.1, 0.15) is 0 Å². The number of hydrogen-bond donors (Lipinski definition) is 3. The number of amides is 2. The number of carboxylic acids is 1. The lowest BCUT2D eigenvalue weighted by Crippen LogP contribution is -2.34. The summed E-state index contributed by atoms with van der Waals surface area (Å²) in [5.74, 6) is -1.90. The zero-order valence-corrected chi connectivity index (χ0v) is 16.6. The van der Waals surface area contributed by atoms with Crippen LogP contribution >= 0.6 is 0 Å². The van der Waals surface area contributed by atoms with E-state index < -0.39 is 17.3 Å². The summed E-state index contributed by atoms with van der Waals surface area (Å²) in [6.45, 7) is 7.54. The van der Waals surface area contributed by atoms with Crippen molar-refractivity contribution in [3.63, 3.8) is 0 Å². The molecule has 2 aromatic rings. The quantitative estimate of drug-likeness (QED) is 0.708. The van der Waals surface area contributed by atoms with Gasteiger partial charge in [0.05, 0.1) is 5.92 Å². The van der Waals surface area contributed by atoms with Crippen LogP contribution in [0, 0.1) is 5.41 Å². The van der Waals surface area contributed by atoms with Gasteiger partial charge in [-0.2, -0.15) is 0 Å². The third kappa shape index (κ3) is 5.67. The van der Waals surface area contributed by atoms with Crippen LogP contribution in [0.4, 0.5) is 5.69 Å². The highest BCUT2D eigenvalue weighted by molar-refractivity contribution is 6.04. The summed E-state index contributed by atoms with van der Waals surface area (Å²) in [5, 5.41) is 14.8. The van der Waals surface area contributed by atoms with Crippen molar-refractivity contribution >= 4 is 23.5 Å².